The van der Waals surface area contributed by atoms with Crippen LogP contribution in [0.25, 0.3) is 0 Å². The Hall–Kier alpha value is -0.570. The lowest BCUT2D eigenvalue weighted by Crippen LogP contribution is -2.36. The molecule has 1 aliphatic heterocycles. The first kappa shape index (κ1) is 14.8. The normalized spacial score (nSPS) is 37.3. The molecule has 1 saturated heterocycles. The second-order valence-corrected chi connectivity index (χ2v) is 6.16. The number of nitrogens with zero attached hydrogens (tertiary/aromatic N) is 1. The first-order valence-corrected chi connectivity index (χ1v) is 7.47. The van der Waals surface area contributed by atoms with Gasteiger partial charge in [0.2, 0.25) is 0 Å². The molecule has 0 radical (unpaired) electrons. The minimum Gasteiger partial charge on any atom is -0.384 e. The highest BCUT2D eigenvalue weighted by atomic mass is 31.1. The summed E-state index contributed by atoms with van der Waals surface area (Å²) in [5.74, 6) is 0.358. The zero-order valence-electron chi connectivity index (χ0n) is 11.2. The number of hydrogen-bond donors (Lipinski definition) is 0. The van der Waals surface area contributed by atoms with Gasteiger partial charge in [0.1, 0.15) is 6.61 Å². The Labute approximate surface area is 113 Å². The first-order chi connectivity index (χ1) is 9.13. The highest BCUT2D eigenvalue weighted by Crippen LogP contribution is 2.53. The Balaban J connectivity index is 1.95. The molecule has 2 fully saturated rings. The Kier molecular flexibility index (Phi) is 4.88. The summed E-state index contributed by atoms with van der Waals surface area (Å²) in [6, 6.07) is 1.93. The molecule has 1 heterocycles. The maximum Gasteiger partial charge on any atom is 0.697 e. The minimum absolute atomic E-state index is 0.0475. The van der Waals surface area contributed by atoms with Gasteiger partial charge in [0.15, 0.2) is 6.10 Å². The fourth-order valence-corrected chi connectivity index (χ4v) is 3.94. The van der Waals surface area contributed by atoms with Crippen molar-refractivity contribution in [3.05, 3.63) is 0 Å². The van der Waals surface area contributed by atoms with Crippen LogP contribution in [0.2, 0.25) is 0 Å². The molecule has 2 aliphatic rings. The molecule has 0 amide bonds. The second kappa shape index (κ2) is 6.25. The third-order valence-electron chi connectivity index (χ3n) is 3.80. The van der Waals surface area contributed by atoms with Gasteiger partial charge in [-0.15, -0.1) is 9.05 Å². The summed E-state index contributed by atoms with van der Waals surface area (Å²) in [6.45, 7) is 3.32. The van der Waals surface area contributed by atoms with Gasteiger partial charge in [0, 0.05) is 11.7 Å². The van der Waals surface area contributed by atoms with Crippen molar-refractivity contribution in [3.63, 3.8) is 0 Å². The van der Waals surface area contributed by atoms with E-state index in [0.717, 1.165) is 6.42 Å². The van der Waals surface area contributed by atoms with Gasteiger partial charge in [-0.2, -0.15) is 5.26 Å². The molecular formula is C12H19NO5P+. The van der Waals surface area contributed by atoms with E-state index in [-0.39, 0.29) is 30.7 Å². The van der Waals surface area contributed by atoms with E-state index in [2.05, 4.69) is 6.92 Å². The summed E-state index contributed by atoms with van der Waals surface area (Å²) >= 11 is 0. The van der Waals surface area contributed by atoms with Crippen LogP contribution in [-0.4, -0.2) is 39.1 Å². The molecule has 106 valence electrons. The highest BCUT2D eigenvalue weighted by molar-refractivity contribution is 7.33. The zero-order chi connectivity index (χ0) is 13.9. The van der Waals surface area contributed by atoms with Gasteiger partial charge in [-0.25, -0.2) is 0 Å². The fourth-order valence-electron chi connectivity index (χ4n) is 3.11. The van der Waals surface area contributed by atoms with Crippen LogP contribution in [0.15, 0.2) is 0 Å². The van der Waals surface area contributed by atoms with Crippen molar-refractivity contribution in [2.45, 2.75) is 32.0 Å². The third-order valence-corrected chi connectivity index (χ3v) is 4.59. The number of nitriles is 1. The minimum atomic E-state index is -2.21. The van der Waals surface area contributed by atoms with Crippen LogP contribution >= 0.6 is 8.25 Å². The Morgan fingerprint density at radius 3 is 3.00 bits per heavy atom. The summed E-state index contributed by atoms with van der Waals surface area (Å²) in [5, 5.41) is 8.40. The van der Waals surface area contributed by atoms with Crippen molar-refractivity contribution in [1.29, 1.82) is 5.26 Å². The monoisotopic (exact) mass is 288 g/mol. The van der Waals surface area contributed by atoms with Crippen molar-refractivity contribution in [1.82, 2.24) is 0 Å². The Morgan fingerprint density at radius 1 is 1.58 bits per heavy atom. The van der Waals surface area contributed by atoms with E-state index in [1.165, 1.54) is 0 Å². The van der Waals surface area contributed by atoms with E-state index in [9.17, 15) is 4.57 Å². The van der Waals surface area contributed by atoms with Crippen molar-refractivity contribution in [2.24, 2.45) is 11.3 Å². The smallest absolute Gasteiger partial charge is 0.384 e. The lowest BCUT2D eigenvalue weighted by Gasteiger charge is -2.27. The Morgan fingerprint density at radius 2 is 2.37 bits per heavy atom. The quantitative estimate of drug-likeness (QED) is 0.527. The van der Waals surface area contributed by atoms with Crippen LogP contribution in [0.4, 0.5) is 0 Å². The van der Waals surface area contributed by atoms with Crippen LogP contribution in [0, 0.1) is 22.7 Å². The van der Waals surface area contributed by atoms with Gasteiger partial charge in [-0.05, 0) is 12.3 Å². The number of fused-ring (bicyclic) bond motifs is 2. The van der Waals surface area contributed by atoms with E-state index in [4.69, 9.17) is 23.8 Å². The largest absolute Gasteiger partial charge is 0.697 e. The average molecular weight is 288 g/mol. The van der Waals surface area contributed by atoms with Crippen LogP contribution in [0.3, 0.4) is 0 Å². The average Bonchev–Trinajstić information content (AvgIpc) is 2.81. The van der Waals surface area contributed by atoms with Crippen LogP contribution < -0.4 is 0 Å². The van der Waals surface area contributed by atoms with E-state index in [1.807, 2.05) is 6.07 Å². The number of ether oxygens (including phenoxy) is 2. The SMILES string of the molecule is COCC12COC(C(C)C1)C2O[P+](=O)OCCC#N. The summed E-state index contributed by atoms with van der Waals surface area (Å²) in [6.07, 6.45) is 0.841. The predicted molar refractivity (Wildman–Crippen MR) is 66.5 cm³/mol. The van der Waals surface area contributed by atoms with Crippen LogP contribution in [0.5, 0.6) is 0 Å². The van der Waals surface area contributed by atoms with Gasteiger partial charge in [0.25, 0.3) is 0 Å². The molecule has 5 atom stereocenters. The summed E-state index contributed by atoms with van der Waals surface area (Å²) in [4.78, 5) is 0. The molecule has 2 rings (SSSR count). The molecule has 0 aromatic heterocycles. The summed E-state index contributed by atoms with van der Waals surface area (Å²) < 4.78 is 33.3. The molecule has 1 aliphatic carbocycles. The molecule has 0 spiro atoms. The summed E-state index contributed by atoms with van der Waals surface area (Å²) in [5.41, 5.74) is -0.220. The molecule has 2 bridgehead atoms. The lowest BCUT2D eigenvalue weighted by molar-refractivity contribution is -0.0111. The maximum absolute atomic E-state index is 11.7. The number of rotatable bonds is 7. The van der Waals surface area contributed by atoms with E-state index in [0.29, 0.717) is 19.1 Å². The van der Waals surface area contributed by atoms with Crippen LogP contribution in [-0.2, 0) is 23.1 Å². The molecule has 0 N–H and O–H groups in total. The lowest BCUT2D eigenvalue weighted by atomic mass is 9.86. The van der Waals surface area contributed by atoms with Gasteiger partial charge in [-0.1, -0.05) is 6.92 Å². The molecule has 1 saturated carbocycles. The van der Waals surface area contributed by atoms with Gasteiger partial charge >= 0.3 is 8.25 Å². The molecule has 0 aromatic rings. The second-order valence-electron chi connectivity index (χ2n) is 5.24. The summed E-state index contributed by atoms with van der Waals surface area (Å²) in [7, 11) is -0.570. The van der Waals surface area contributed by atoms with Crippen molar-refractivity contribution < 1.29 is 23.1 Å². The van der Waals surface area contributed by atoms with Gasteiger partial charge in [0.05, 0.1) is 37.2 Å². The molecule has 6 nitrogen and oxygen atoms in total. The maximum atomic E-state index is 11.7. The van der Waals surface area contributed by atoms with E-state index in [1.54, 1.807) is 7.11 Å². The number of methoxy groups -OCH3 is 1. The third kappa shape index (κ3) is 2.96. The van der Waals surface area contributed by atoms with Crippen molar-refractivity contribution in [2.75, 3.05) is 26.9 Å². The standard InChI is InChI=1S/C12H19NO5P/c1-9-6-12(7-15-2)8-16-10(9)11(12)18-19(14)17-5-3-4-13/h9-11H,3,5-8H2,1-2H3/q+1. The molecule has 5 unspecified atom stereocenters. The molecule has 0 aromatic carbocycles. The highest BCUT2D eigenvalue weighted by Gasteiger charge is 2.62. The zero-order valence-corrected chi connectivity index (χ0v) is 12.1. The van der Waals surface area contributed by atoms with Gasteiger partial charge < -0.3 is 9.47 Å². The predicted octanol–water partition coefficient (Wildman–Crippen LogP) is 2.03. The van der Waals surface area contributed by atoms with Gasteiger partial charge in [-0.3, -0.25) is 0 Å². The van der Waals surface area contributed by atoms with Crippen LogP contribution in [0.1, 0.15) is 19.8 Å². The fraction of sp³-hybridized carbons (Fsp3) is 0.917. The molecule has 7 heteroatoms. The van der Waals surface area contributed by atoms with E-state index < -0.39 is 8.25 Å². The molecule has 19 heavy (non-hydrogen) atoms. The topological polar surface area (TPSA) is 77.8 Å². The van der Waals surface area contributed by atoms with E-state index >= 15 is 0 Å². The van der Waals surface area contributed by atoms with Crippen molar-refractivity contribution in [3.8, 4) is 6.07 Å². The molecular weight excluding hydrogens is 269 g/mol. The number of hydrogen-bond acceptors (Lipinski definition) is 6. The van der Waals surface area contributed by atoms with Crippen molar-refractivity contribution >= 4 is 8.25 Å². The first-order valence-electron chi connectivity index (χ1n) is 6.37. The Bertz CT molecular complexity index is 385.